The fraction of sp³-hybridized carbons (Fsp3) is 0.667. The van der Waals surface area contributed by atoms with Crippen LogP contribution in [0.25, 0.3) is 0 Å². The number of nitrogens with zero attached hydrogens (tertiary/aromatic N) is 1. The Kier molecular flexibility index (Phi) is 4.60. The highest BCUT2D eigenvalue weighted by atomic mass is 19.1. The van der Waals surface area contributed by atoms with E-state index < -0.39 is 0 Å². The van der Waals surface area contributed by atoms with E-state index >= 15 is 0 Å². The van der Waals surface area contributed by atoms with E-state index in [1.165, 1.54) is 31.2 Å². The van der Waals surface area contributed by atoms with Crippen LogP contribution in [0.2, 0.25) is 0 Å². The number of hydrogen-bond donors (Lipinski definition) is 1. The average Bonchev–Trinajstić information content (AvgIpc) is 3.33. The molecule has 0 aliphatic heterocycles. The maximum absolute atomic E-state index is 14.1. The number of halogens is 1. The predicted octanol–water partition coefficient (Wildman–Crippen LogP) is 3.70. The van der Waals surface area contributed by atoms with Crippen molar-refractivity contribution in [1.82, 2.24) is 10.2 Å². The first-order chi connectivity index (χ1) is 10.1. The van der Waals surface area contributed by atoms with Crippen molar-refractivity contribution in [3.05, 3.63) is 35.1 Å². The lowest BCUT2D eigenvalue weighted by atomic mass is 10.1. The van der Waals surface area contributed by atoms with Crippen LogP contribution in [0.4, 0.5) is 4.39 Å². The Morgan fingerprint density at radius 3 is 2.62 bits per heavy atom. The van der Waals surface area contributed by atoms with Crippen LogP contribution < -0.4 is 5.32 Å². The lowest BCUT2D eigenvalue weighted by molar-refractivity contribution is 0.201. The van der Waals surface area contributed by atoms with Gasteiger partial charge in [-0.25, -0.2) is 4.39 Å². The summed E-state index contributed by atoms with van der Waals surface area (Å²) in [5, 5.41) is 3.50. The van der Waals surface area contributed by atoms with Crippen molar-refractivity contribution in [2.75, 3.05) is 6.54 Å². The third-order valence-corrected chi connectivity index (χ3v) is 4.58. The molecule has 0 amide bonds. The molecule has 0 unspecified atom stereocenters. The van der Waals surface area contributed by atoms with E-state index in [1.54, 1.807) is 6.07 Å². The Bertz CT molecular complexity index is 478. The van der Waals surface area contributed by atoms with E-state index in [-0.39, 0.29) is 5.82 Å². The molecule has 1 aromatic rings. The second-order valence-corrected chi connectivity index (χ2v) is 7.05. The zero-order valence-corrected chi connectivity index (χ0v) is 13.2. The van der Waals surface area contributed by atoms with Gasteiger partial charge in [-0.15, -0.1) is 0 Å². The number of hydrogen-bond acceptors (Lipinski definition) is 2. The van der Waals surface area contributed by atoms with E-state index in [4.69, 9.17) is 0 Å². The van der Waals surface area contributed by atoms with Crippen LogP contribution in [0.1, 0.15) is 50.7 Å². The highest BCUT2D eigenvalue weighted by molar-refractivity contribution is 5.25. The SMILES string of the molecule is CC(C)N(Cc1cc(CNC2CC2)ccc1F)CC1CC1. The van der Waals surface area contributed by atoms with E-state index in [0.29, 0.717) is 12.1 Å². The van der Waals surface area contributed by atoms with Gasteiger partial charge in [0.15, 0.2) is 0 Å². The van der Waals surface area contributed by atoms with E-state index in [2.05, 4.69) is 24.1 Å². The molecule has 1 aromatic carbocycles. The highest BCUT2D eigenvalue weighted by Gasteiger charge is 2.26. The molecule has 0 atom stereocenters. The molecular weight excluding hydrogens is 263 g/mol. The Balaban J connectivity index is 1.64. The first-order valence-corrected chi connectivity index (χ1v) is 8.36. The predicted molar refractivity (Wildman–Crippen MR) is 84.5 cm³/mol. The summed E-state index contributed by atoms with van der Waals surface area (Å²) in [5.74, 6) is 0.779. The summed E-state index contributed by atoms with van der Waals surface area (Å²) in [5.41, 5.74) is 2.05. The molecule has 2 saturated carbocycles. The van der Waals surface area contributed by atoms with Crippen LogP contribution in [0.15, 0.2) is 18.2 Å². The van der Waals surface area contributed by atoms with Crippen molar-refractivity contribution in [1.29, 1.82) is 0 Å². The van der Waals surface area contributed by atoms with Crippen LogP contribution in [0, 0.1) is 11.7 Å². The third-order valence-electron chi connectivity index (χ3n) is 4.58. The molecule has 0 bridgehead atoms. The second-order valence-electron chi connectivity index (χ2n) is 7.05. The fourth-order valence-electron chi connectivity index (χ4n) is 2.72. The molecule has 0 aromatic heterocycles. The summed E-state index contributed by atoms with van der Waals surface area (Å²) in [4.78, 5) is 2.41. The zero-order valence-electron chi connectivity index (χ0n) is 13.2. The standard InChI is InChI=1S/C18H27FN2/c1-13(2)21(11-14-3-4-14)12-16-9-15(5-8-18(16)19)10-20-17-6-7-17/h5,8-9,13-14,17,20H,3-4,6-7,10-12H2,1-2H3. The van der Waals surface area contributed by atoms with Crippen LogP contribution in [0.3, 0.4) is 0 Å². The largest absolute Gasteiger partial charge is 0.310 e. The smallest absolute Gasteiger partial charge is 0.127 e. The molecule has 3 rings (SSSR count). The first-order valence-electron chi connectivity index (χ1n) is 8.36. The number of benzene rings is 1. The minimum absolute atomic E-state index is 0.0633. The van der Waals surface area contributed by atoms with Crippen LogP contribution in [0.5, 0.6) is 0 Å². The molecule has 116 valence electrons. The van der Waals surface area contributed by atoms with E-state index in [0.717, 1.165) is 31.1 Å². The van der Waals surface area contributed by atoms with Crippen LogP contribution in [-0.2, 0) is 13.1 Å². The molecule has 0 saturated heterocycles. The molecule has 1 N–H and O–H groups in total. The van der Waals surface area contributed by atoms with Crippen molar-refractivity contribution < 1.29 is 4.39 Å². The van der Waals surface area contributed by atoms with Gasteiger partial charge in [0.1, 0.15) is 5.82 Å². The first kappa shape index (κ1) is 15.0. The maximum atomic E-state index is 14.1. The summed E-state index contributed by atoms with van der Waals surface area (Å²) < 4.78 is 14.1. The summed E-state index contributed by atoms with van der Waals surface area (Å²) in [6, 6.07) is 6.76. The van der Waals surface area contributed by atoms with Crippen molar-refractivity contribution in [3.63, 3.8) is 0 Å². The Morgan fingerprint density at radius 2 is 2.00 bits per heavy atom. The minimum Gasteiger partial charge on any atom is -0.310 e. The number of nitrogens with one attached hydrogen (secondary N) is 1. The van der Waals surface area contributed by atoms with Gasteiger partial charge in [-0.05, 0) is 57.1 Å². The molecule has 2 aliphatic carbocycles. The van der Waals surface area contributed by atoms with Crippen molar-refractivity contribution >= 4 is 0 Å². The Hall–Kier alpha value is -0.930. The quantitative estimate of drug-likeness (QED) is 0.785. The van der Waals surface area contributed by atoms with Gasteiger partial charge < -0.3 is 5.32 Å². The lowest BCUT2D eigenvalue weighted by Gasteiger charge is -2.27. The van der Waals surface area contributed by atoms with Gasteiger partial charge in [0, 0.05) is 37.3 Å². The van der Waals surface area contributed by atoms with Gasteiger partial charge in [0.25, 0.3) is 0 Å². The lowest BCUT2D eigenvalue weighted by Crippen LogP contribution is -2.32. The molecule has 2 fully saturated rings. The van der Waals surface area contributed by atoms with Crippen LogP contribution in [-0.4, -0.2) is 23.5 Å². The topological polar surface area (TPSA) is 15.3 Å². The Labute approximate surface area is 127 Å². The number of rotatable bonds is 8. The second kappa shape index (κ2) is 6.45. The molecular formula is C18H27FN2. The summed E-state index contributed by atoms with van der Waals surface area (Å²) in [7, 11) is 0. The van der Waals surface area contributed by atoms with Crippen molar-refractivity contribution in [2.45, 2.75) is 64.7 Å². The molecule has 3 heteroatoms. The monoisotopic (exact) mass is 290 g/mol. The molecule has 0 heterocycles. The maximum Gasteiger partial charge on any atom is 0.127 e. The highest BCUT2D eigenvalue weighted by Crippen LogP contribution is 2.31. The molecule has 21 heavy (non-hydrogen) atoms. The van der Waals surface area contributed by atoms with Gasteiger partial charge in [-0.3, -0.25) is 4.90 Å². The Morgan fingerprint density at radius 1 is 1.24 bits per heavy atom. The summed E-state index contributed by atoms with van der Waals surface area (Å²) in [6.45, 7) is 7.12. The van der Waals surface area contributed by atoms with Crippen molar-refractivity contribution in [2.24, 2.45) is 5.92 Å². The van der Waals surface area contributed by atoms with Gasteiger partial charge in [-0.1, -0.05) is 12.1 Å². The van der Waals surface area contributed by atoms with Gasteiger partial charge in [0.2, 0.25) is 0 Å². The average molecular weight is 290 g/mol. The fourth-order valence-corrected chi connectivity index (χ4v) is 2.72. The van der Waals surface area contributed by atoms with Gasteiger partial charge in [0.05, 0.1) is 0 Å². The third kappa shape index (κ3) is 4.52. The summed E-state index contributed by atoms with van der Waals surface area (Å²) >= 11 is 0. The minimum atomic E-state index is -0.0633. The zero-order chi connectivity index (χ0) is 14.8. The van der Waals surface area contributed by atoms with Crippen LogP contribution >= 0.6 is 0 Å². The van der Waals surface area contributed by atoms with Crippen molar-refractivity contribution in [3.8, 4) is 0 Å². The normalized spacial score (nSPS) is 18.7. The molecule has 0 radical (unpaired) electrons. The molecule has 2 nitrogen and oxygen atoms in total. The molecule has 0 spiro atoms. The van der Waals surface area contributed by atoms with E-state index in [9.17, 15) is 4.39 Å². The van der Waals surface area contributed by atoms with Gasteiger partial charge >= 0.3 is 0 Å². The van der Waals surface area contributed by atoms with Gasteiger partial charge in [-0.2, -0.15) is 0 Å². The molecule has 2 aliphatic rings. The van der Waals surface area contributed by atoms with E-state index in [1.807, 2.05) is 12.1 Å². The summed E-state index contributed by atoms with van der Waals surface area (Å²) in [6.07, 6.45) is 5.27.